The largest absolute Gasteiger partial charge is 0.382 e. The van der Waals surface area contributed by atoms with Gasteiger partial charge in [-0.05, 0) is 57.0 Å². The topological polar surface area (TPSA) is 21.3 Å². The van der Waals surface area contributed by atoms with E-state index in [2.05, 4.69) is 45.5 Å². The Kier molecular flexibility index (Phi) is 7.49. The van der Waals surface area contributed by atoms with Crippen molar-refractivity contribution in [2.24, 2.45) is 5.92 Å². The fourth-order valence-corrected chi connectivity index (χ4v) is 2.18. The normalized spacial score (nSPS) is 12.6. The van der Waals surface area contributed by atoms with Crippen molar-refractivity contribution in [1.29, 1.82) is 0 Å². The molecule has 0 aromatic heterocycles. The molecule has 0 aliphatic carbocycles. The Labute approximate surface area is 113 Å². The maximum Gasteiger partial charge on any atom is 0.0469 e. The lowest BCUT2D eigenvalue weighted by Gasteiger charge is -2.16. The van der Waals surface area contributed by atoms with Gasteiger partial charge in [0.15, 0.2) is 0 Å². The van der Waals surface area contributed by atoms with Gasteiger partial charge in [0, 0.05) is 17.7 Å². The van der Waals surface area contributed by atoms with E-state index in [1.54, 1.807) is 0 Å². The molecule has 0 spiro atoms. The molecule has 1 N–H and O–H groups in total. The molecule has 0 aliphatic rings. The molecule has 1 rings (SSSR count). The van der Waals surface area contributed by atoms with Gasteiger partial charge < -0.3 is 10.1 Å². The van der Waals surface area contributed by atoms with E-state index in [0.29, 0.717) is 5.92 Å². The minimum atomic E-state index is 0.646. The standard InChI is InChI=1S/C14H22BrNO/c1-3-17-9-8-13(11-16-2)10-12-4-6-14(15)7-5-12/h4-7,13,16H,3,8-11H2,1-2H3. The number of benzene rings is 1. The van der Waals surface area contributed by atoms with Crippen LogP contribution in [0.5, 0.6) is 0 Å². The quantitative estimate of drug-likeness (QED) is 0.744. The fourth-order valence-electron chi connectivity index (χ4n) is 1.91. The highest BCUT2D eigenvalue weighted by Gasteiger charge is 2.08. The van der Waals surface area contributed by atoms with Crippen molar-refractivity contribution < 1.29 is 4.74 Å². The van der Waals surface area contributed by atoms with Gasteiger partial charge in [-0.3, -0.25) is 0 Å². The Bertz CT molecular complexity index is 300. The van der Waals surface area contributed by atoms with E-state index in [-0.39, 0.29) is 0 Å². The summed E-state index contributed by atoms with van der Waals surface area (Å²) in [6, 6.07) is 8.59. The lowest BCUT2D eigenvalue weighted by Crippen LogP contribution is -2.22. The summed E-state index contributed by atoms with van der Waals surface area (Å²) in [5.74, 6) is 0.646. The molecule has 0 bridgehead atoms. The van der Waals surface area contributed by atoms with Crippen LogP contribution in [-0.2, 0) is 11.2 Å². The average molecular weight is 300 g/mol. The molecule has 2 nitrogen and oxygen atoms in total. The number of hydrogen-bond acceptors (Lipinski definition) is 2. The highest BCUT2D eigenvalue weighted by molar-refractivity contribution is 9.10. The van der Waals surface area contributed by atoms with E-state index in [1.165, 1.54) is 5.56 Å². The molecule has 3 heteroatoms. The van der Waals surface area contributed by atoms with Crippen LogP contribution < -0.4 is 5.32 Å². The molecule has 1 aromatic rings. The Morgan fingerprint density at radius 2 is 2.00 bits per heavy atom. The second-order valence-electron chi connectivity index (χ2n) is 4.24. The second kappa shape index (κ2) is 8.67. The summed E-state index contributed by atoms with van der Waals surface area (Å²) in [6.45, 7) is 4.76. The van der Waals surface area contributed by atoms with Gasteiger partial charge in [0.05, 0.1) is 0 Å². The van der Waals surface area contributed by atoms with E-state index in [4.69, 9.17) is 4.74 Å². The van der Waals surface area contributed by atoms with Crippen LogP contribution in [0.4, 0.5) is 0 Å². The lowest BCUT2D eigenvalue weighted by molar-refractivity contribution is 0.132. The van der Waals surface area contributed by atoms with Crippen LogP contribution in [0.2, 0.25) is 0 Å². The van der Waals surface area contributed by atoms with Crippen molar-refractivity contribution in [3.05, 3.63) is 34.3 Å². The third-order valence-corrected chi connectivity index (χ3v) is 3.33. The van der Waals surface area contributed by atoms with Gasteiger partial charge in [0.1, 0.15) is 0 Å². The van der Waals surface area contributed by atoms with Crippen LogP contribution in [0.1, 0.15) is 18.9 Å². The summed E-state index contributed by atoms with van der Waals surface area (Å²) in [4.78, 5) is 0. The summed E-state index contributed by atoms with van der Waals surface area (Å²) < 4.78 is 6.57. The molecule has 0 amide bonds. The number of halogens is 1. The summed E-state index contributed by atoms with van der Waals surface area (Å²) in [5, 5.41) is 3.26. The first kappa shape index (κ1) is 14.7. The minimum Gasteiger partial charge on any atom is -0.382 e. The fraction of sp³-hybridized carbons (Fsp3) is 0.571. The first-order chi connectivity index (χ1) is 8.26. The van der Waals surface area contributed by atoms with Crippen LogP contribution in [-0.4, -0.2) is 26.8 Å². The van der Waals surface area contributed by atoms with Gasteiger partial charge in [-0.25, -0.2) is 0 Å². The SMILES string of the molecule is CCOCCC(CNC)Cc1ccc(Br)cc1. The highest BCUT2D eigenvalue weighted by Crippen LogP contribution is 2.15. The number of hydrogen-bond donors (Lipinski definition) is 1. The summed E-state index contributed by atoms with van der Waals surface area (Å²) >= 11 is 3.46. The zero-order valence-corrected chi connectivity index (χ0v) is 12.3. The van der Waals surface area contributed by atoms with E-state index in [9.17, 15) is 0 Å². The lowest BCUT2D eigenvalue weighted by atomic mass is 9.96. The monoisotopic (exact) mass is 299 g/mol. The molecule has 0 aliphatic heterocycles. The molecule has 1 atom stereocenters. The van der Waals surface area contributed by atoms with Crippen LogP contribution >= 0.6 is 15.9 Å². The Morgan fingerprint density at radius 1 is 1.29 bits per heavy atom. The van der Waals surface area contributed by atoms with Crippen molar-refractivity contribution in [3.63, 3.8) is 0 Å². The van der Waals surface area contributed by atoms with Gasteiger partial charge in [0.25, 0.3) is 0 Å². The molecule has 0 saturated carbocycles. The van der Waals surface area contributed by atoms with Crippen molar-refractivity contribution in [1.82, 2.24) is 5.32 Å². The maximum absolute atomic E-state index is 5.43. The summed E-state index contributed by atoms with van der Waals surface area (Å²) in [6.07, 6.45) is 2.23. The predicted octanol–water partition coefficient (Wildman–Crippen LogP) is 3.25. The first-order valence-electron chi connectivity index (χ1n) is 6.23. The number of nitrogens with one attached hydrogen (secondary N) is 1. The van der Waals surface area contributed by atoms with Crippen LogP contribution in [0.3, 0.4) is 0 Å². The van der Waals surface area contributed by atoms with Crippen molar-refractivity contribution in [2.45, 2.75) is 19.8 Å². The number of rotatable bonds is 8. The Balaban J connectivity index is 2.44. The van der Waals surface area contributed by atoms with E-state index < -0.39 is 0 Å². The first-order valence-corrected chi connectivity index (χ1v) is 7.02. The summed E-state index contributed by atoms with van der Waals surface area (Å²) in [5.41, 5.74) is 1.39. The smallest absolute Gasteiger partial charge is 0.0469 e. The Hall–Kier alpha value is -0.380. The van der Waals surface area contributed by atoms with Gasteiger partial charge in [-0.1, -0.05) is 28.1 Å². The molecule has 1 unspecified atom stereocenters. The molecule has 0 saturated heterocycles. The van der Waals surface area contributed by atoms with Gasteiger partial charge in [-0.2, -0.15) is 0 Å². The van der Waals surface area contributed by atoms with Crippen molar-refractivity contribution in [2.75, 3.05) is 26.8 Å². The zero-order chi connectivity index (χ0) is 12.5. The Morgan fingerprint density at radius 3 is 2.59 bits per heavy atom. The number of ether oxygens (including phenoxy) is 1. The van der Waals surface area contributed by atoms with Crippen molar-refractivity contribution >= 4 is 15.9 Å². The molecule has 96 valence electrons. The molecule has 0 fully saturated rings. The van der Waals surface area contributed by atoms with Gasteiger partial charge in [-0.15, -0.1) is 0 Å². The third kappa shape index (κ3) is 6.20. The van der Waals surface area contributed by atoms with E-state index >= 15 is 0 Å². The van der Waals surface area contributed by atoms with Crippen molar-refractivity contribution in [3.8, 4) is 0 Å². The highest BCUT2D eigenvalue weighted by atomic mass is 79.9. The van der Waals surface area contributed by atoms with Crippen LogP contribution in [0.25, 0.3) is 0 Å². The molecule has 1 aromatic carbocycles. The molecule has 0 radical (unpaired) electrons. The average Bonchev–Trinajstić information content (AvgIpc) is 2.32. The molecule has 17 heavy (non-hydrogen) atoms. The molecular weight excluding hydrogens is 278 g/mol. The molecular formula is C14H22BrNO. The second-order valence-corrected chi connectivity index (χ2v) is 5.16. The third-order valence-electron chi connectivity index (χ3n) is 2.80. The summed E-state index contributed by atoms with van der Waals surface area (Å²) in [7, 11) is 2.01. The molecule has 0 heterocycles. The van der Waals surface area contributed by atoms with Gasteiger partial charge in [0.2, 0.25) is 0 Å². The van der Waals surface area contributed by atoms with Crippen LogP contribution in [0.15, 0.2) is 28.7 Å². The van der Waals surface area contributed by atoms with Gasteiger partial charge >= 0.3 is 0 Å². The zero-order valence-electron chi connectivity index (χ0n) is 10.7. The predicted molar refractivity (Wildman–Crippen MR) is 76.4 cm³/mol. The van der Waals surface area contributed by atoms with E-state index in [0.717, 1.165) is 37.1 Å². The van der Waals surface area contributed by atoms with E-state index in [1.807, 2.05) is 14.0 Å². The maximum atomic E-state index is 5.43. The minimum absolute atomic E-state index is 0.646. The van der Waals surface area contributed by atoms with Crippen LogP contribution in [0, 0.1) is 5.92 Å².